The summed E-state index contributed by atoms with van der Waals surface area (Å²) in [5.41, 5.74) is 6.21. The van der Waals surface area contributed by atoms with Crippen molar-refractivity contribution in [3.8, 4) is 17.3 Å². The Kier molecular flexibility index (Phi) is 9.48. The zero-order valence-electron chi connectivity index (χ0n) is 26.9. The number of benzene rings is 2. The van der Waals surface area contributed by atoms with Crippen molar-refractivity contribution in [2.24, 2.45) is 5.41 Å². The molecule has 1 aliphatic carbocycles. The van der Waals surface area contributed by atoms with Crippen molar-refractivity contribution in [2.75, 3.05) is 25.6 Å². The fraction of sp³-hybridized carbons (Fsp3) is 0.361. The number of hydrogen-bond donors (Lipinski definition) is 1. The molecule has 0 radical (unpaired) electrons. The fourth-order valence-electron chi connectivity index (χ4n) is 5.55. The maximum absolute atomic E-state index is 15.2. The summed E-state index contributed by atoms with van der Waals surface area (Å²) in [5, 5.41) is 9.25. The first kappa shape index (κ1) is 32.0. The maximum Gasteiger partial charge on any atom is 0.182 e. The zero-order valence-corrected chi connectivity index (χ0v) is 26.9. The van der Waals surface area contributed by atoms with Crippen LogP contribution in [0.2, 0.25) is 0 Å². The molecule has 0 spiro atoms. The van der Waals surface area contributed by atoms with Crippen LogP contribution in [0.15, 0.2) is 72.0 Å². The van der Waals surface area contributed by atoms with Crippen LogP contribution >= 0.6 is 0 Å². The van der Waals surface area contributed by atoms with E-state index in [1.54, 1.807) is 4.68 Å². The predicted molar refractivity (Wildman–Crippen MR) is 175 cm³/mol. The number of nitrogens with zero attached hydrogens (tertiary/aromatic N) is 4. The van der Waals surface area contributed by atoms with Crippen LogP contribution in [0, 0.1) is 17.0 Å². The molecule has 2 heterocycles. The van der Waals surface area contributed by atoms with Crippen LogP contribution in [-0.4, -0.2) is 40.1 Å². The highest BCUT2D eigenvalue weighted by atomic mass is 19.1. The lowest BCUT2D eigenvalue weighted by Crippen LogP contribution is -2.25. The number of hydrogen-bond acceptors (Lipinski definition) is 6. The SMILES string of the molecule is C=C(C)/C=C(Nc1nc(-c2nn(Cc3c(F)cc(OCCOC)cc3F)c3ccccc23)nc2c1CCC(C)(C)C2)\C(C)=C/C. The molecular formula is C36H41F2N5O2. The predicted octanol–water partition coefficient (Wildman–Crippen LogP) is 8.20. The number of halogens is 2. The Morgan fingerprint density at radius 1 is 1.11 bits per heavy atom. The first-order chi connectivity index (χ1) is 21.5. The molecule has 2 aromatic carbocycles. The highest BCUT2D eigenvalue weighted by molar-refractivity contribution is 5.92. The summed E-state index contributed by atoms with van der Waals surface area (Å²) in [6, 6.07) is 9.99. The summed E-state index contributed by atoms with van der Waals surface area (Å²) in [6.07, 6.45) is 6.72. The van der Waals surface area contributed by atoms with E-state index in [-0.39, 0.29) is 29.9 Å². The van der Waals surface area contributed by atoms with Crippen LogP contribution in [0.4, 0.5) is 14.6 Å². The van der Waals surface area contributed by atoms with Gasteiger partial charge in [-0.05, 0) is 63.2 Å². The molecule has 4 aromatic rings. The topological polar surface area (TPSA) is 74.1 Å². The van der Waals surface area contributed by atoms with E-state index in [1.165, 1.54) is 19.2 Å². The lowest BCUT2D eigenvalue weighted by atomic mass is 9.76. The van der Waals surface area contributed by atoms with Crippen LogP contribution in [0.25, 0.3) is 22.4 Å². The number of anilines is 1. The van der Waals surface area contributed by atoms with Gasteiger partial charge in [0, 0.05) is 41.5 Å². The van der Waals surface area contributed by atoms with E-state index in [4.69, 9.17) is 24.5 Å². The Hall–Kier alpha value is -4.37. The highest BCUT2D eigenvalue weighted by Crippen LogP contribution is 2.39. The van der Waals surface area contributed by atoms with Crippen LogP contribution in [0.5, 0.6) is 5.75 Å². The van der Waals surface area contributed by atoms with Crippen LogP contribution in [0.3, 0.4) is 0 Å². The molecule has 2 aromatic heterocycles. The standard InChI is InChI=1S/C36H41F2N5O2/c1-8-23(4)30(17-22(2)3)39-34-25-13-14-36(5,6)20-31(25)40-35(41-34)33-26-11-9-10-12-32(26)43(42-33)21-27-28(37)18-24(19-29(27)38)45-16-15-44-7/h8-12,17-19H,2,13-16,20-21H2,1,3-7H3,(H,39,40,41)/b23-8-,30-17+. The van der Waals surface area contributed by atoms with E-state index < -0.39 is 11.6 Å². The molecule has 1 N–H and O–H groups in total. The summed E-state index contributed by atoms with van der Waals surface area (Å²) >= 11 is 0. The minimum atomic E-state index is -0.710. The smallest absolute Gasteiger partial charge is 0.182 e. The van der Waals surface area contributed by atoms with Crippen LogP contribution in [0.1, 0.15) is 57.9 Å². The molecule has 236 valence electrons. The second-order valence-electron chi connectivity index (χ2n) is 12.4. The third-order valence-corrected chi connectivity index (χ3v) is 8.14. The zero-order chi connectivity index (χ0) is 32.3. The van der Waals surface area contributed by atoms with Crippen molar-refractivity contribution < 1.29 is 18.3 Å². The summed E-state index contributed by atoms with van der Waals surface area (Å²) < 4.78 is 42.4. The van der Waals surface area contributed by atoms with Crippen molar-refractivity contribution in [1.82, 2.24) is 19.7 Å². The largest absolute Gasteiger partial charge is 0.491 e. The normalized spacial score (nSPS) is 14.8. The molecule has 1 aliphatic rings. The molecular weight excluding hydrogens is 572 g/mol. The molecule has 5 rings (SSSR count). The van der Waals surface area contributed by atoms with Gasteiger partial charge in [0.1, 0.15) is 35.5 Å². The number of allylic oxidation sites excluding steroid dienone is 4. The Bertz CT molecular complexity index is 1780. The lowest BCUT2D eigenvalue weighted by molar-refractivity contribution is 0.146. The van der Waals surface area contributed by atoms with Gasteiger partial charge in [0.05, 0.1) is 24.4 Å². The molecule has 0 bridgehead atoms. The van der Waals surface area contributed by atoms with Crippen molar-refractivity contribution in [1.29, 1.82) is 0 Å². The Morgan fingerprint density at radius 2 is 1.84 bits per heavy atom. The third kappa shape index (κ3) is 7.14. The van der Waals surface area contributed by atoms with Crippen molar-refractivity contribution in [3.63, 3.8) is 0 Å². The van der Waals surface area contributed by atoms with Crippen molar-refractivity contribution in [3.05, 3.63) is 100 Å². The third-order valence-electron chi connectivity index (χ3n) is 8.14. The number of nitrogens with one attached hydrogen (secondary N) is 1. The number of fused-ring (bicyclic) bond motifs is 2. The number of methoxy groups -OCH3 is 1. The summed E-state index contributed by atoms with van der Waals surface area (Å²) in [7, 11) is 1.53. The average molecular weight is 614 g/mol. The number of aromatic nitrogens is 4. The molecule has 0 fully saturated rings. The van der Waals surface area contributed by atoms with E-state index in [1.807, 2.05) is 57.2 Å². The first-order valence-corrected chi connectivity index (χ1v) is 15.2. The Morgan fingerprint density at radius 3 is 2.53 bits per heavy atom. The first-order valence-electron chi connectivity index (χ1n) is 15.2. The molecule has 9 heteroatoms. The number of para-hydroxylation sites is 1. The monoisotopic (exact) mass is 613 g/mol. The second-order valence-corrected chi connectivity index (χ2v) is 12.4. The maximum atomic E-state index is 15.2. The molecule has 0 amide bonds. The van der Waals surface area contributed by atoms with E-state index in [0.717, 1.165) is 64.1 Å². The van der Waals surface area contributed by atoms with Gasteiger partial charge < -0.3 is 14.8 Å². The minimum absolute atomic E-state index is 0.0847. The van der Waals surface area contributed by atoms with Gasteiger partial charge >= 0.3 is 0 Å². The van der Waals surface area contributed by atoms with Crippen LogP contribution in [-0.2, 0) is 24.1 Å². The van der Waals surface area contributed by atoms with Gasteiger partial charge in [-0.25, -0.2) is 18.7 Å². The molecule has 0 aliphatic heterocycles. The number of rotatable bonds is 11. The quantitative estimate of drug-likeness (QED) is 0.136. The van der Waals surface area contributed by atoms with Gasteiger partial charge in [-0.3, -0.25) is 4.68 Å². The second kappa shape index (κ2) is 13.3. The minimum Gasteiger partial charge on any atom is -0.491 e. The fourth-order valence-corrected chi connectivity index (χ4v) is 5.55. The van der Waals surface area contributed by atoms with Gasteiger partial charge in [-0.1, -0.05) is 50.3 Å². The van der Waals surface area contributed by atoms with Gasteiger partial charge in [-0.2, -0.15) is 5.10 Å². The van der Waals surface area contributed by atoms with E-state index >= 15 is 8.78 Å². The van der Waals surface area contributed by atoms with Gasteiger partial charge in [0.2, 0.25) is 0 Å². The summed E-state index contributed by atoms with van der Waals surface area (Å²) in [6.45, 7) is 15.0. The lowest BCUT2D eigenvalue weighted by Gasteiger charge is -2.31. The summed E-state index contributed by atoms with van der Waals surface area (Å²) in [5.74, 6) is -0.120. The summed E-state index contributed by atoms with van der Waals surface area (Å²) in [4.78, 5) is 10.1. The van der Waals surface area contributed by atoms with Gasteiger partial charge in [0.25, 0.3) is 0 Å². The Balaban J connectivity index is 1.60. The molecule has 0 unspecified atom stereocenters. The molecule has 45 heavy (non-hydrogen) atoms. The molecule has 0 saturated heterocycles. The molecule has 0 atom stereocenters. The van der Waals surface area contributed by atoms with E-state index in [2.05, 4.69) is 25.7 Å². The van der Waals surface area contributed by atoms with E-state index in [9.17, 15) is 0 Å². The van der Waals surface area contributed by atoms with Crippen molar-refractivity contribution in [2.45, 2.75) is 60.4 Å². The molecule has 0 saturated carbocycles. The highest BCUT2D eigenvalue weighted by Gasteiger charge is 2.30. The van der Waals surface area contributed by atoms with E-state index in [0.29, 0.717) is 18.1 Å². The van der Waals surface area contributed by atoms with Crippen molar-refractivity contribution >= 4 is 16.7 Å². The molecule has 7 nitrogen and oxygen atoms in total. The number of ether oxygens (including phenoxy) is 2. The van der Waals surface area contributed by atoms with Gasteiger partial charge in [-0.15, -0.1) is 0 Å². The average Bonchev–Trinajstić information content (AvgIpc) is 3.35. The van der Waals surface area contributed by atoms with Crippen LogP contribution < -0.4 is 10.1 Å². The Labute approximate surface area is 263 Å². The van der Waals surface area contributed by atoms with Gasteiger partial charge in [0.15, 0.2) is 5.82 Å².